The molecule has 2 atom stereocenters. The Morgan fingerprint density at radius 2 is 1.88 bits per heavy atom. The molecular formula is C20H30ClN3O. The van der Waals surface area contributed by atoms with E-state index in [1.165, 1.54) is 24.8 Å². The second-order valence-corrected chi connectivity index (χ2v) is 8.05. The molecule has 1 aliphatic heterocycles. The van der Waals surface area contributed by atoms with Gasteiger partial charge in [0.25, 0.3) is 0 Å². The van der Waals surface area contributed by atoms with E-state index in [1.807, 2.05) is 18.2 Å². The molecule has 1 saturated carbocycles. The first-order valence-electron chi connectivity index (χ1n) is 9.58. The van der Waals surface area contributed by atoms with Gasteiger partial charge in [0.15, 0.2) is 0 Å². The van der Waals surface area contributed by atoms with Crippen LogP contribution in [0.4, 0.5) is 0 Å². The number of piperazine rings is 1. The van der Waals surface area contributed by atoms with Crippen LogP contribution < -0.4 is 5.32 Å². The molecule has 1 N–H and O–H groups in total. The Morgan fingerprint density at radius 1 is 1.16 bits per heavy atom. The van der Waals surface area contributed by atoms with E-state index in [0.29, 0.717) is 18.5 Å². The molecule has 2 fully saturated rings. The normalized spacial score (nSPS) is 25.7. The van der Waals surface area contributed by atoms with E-state index in [2.05, 4.69) is 28.1 Å². The Balaban J connectivity index is 1.39. The first kappa shape index (κ1) is 18.7. The zero-order chi connectivity index (χ0) is 17.6. The highest BCUT2D eigenvalue weighted by molar-refractivity contribution is 6.30. The smallest absolute Gasteiger partial charge is 0.234 e. The lowest BCUT2D eigenvalue weighted by molar-refractivity contribution is -0.124. The van der Waals surface area contributed by atoms with Gasteiger partial charge < -0.3 is 5.32 Å². The molecule has 4 nitrogen and oxygen atoms in total. The summed E-state index contributed by atoms with van der Waals surface area (Å²) in [5, 5.41) is 4.06. The highest BCUT2D eigenvalue weighted by Gasteiger charge is 2.24. The summed E-state index contributed by atoms with van der Waals surface area (Å²) in [7, 11) is 0. The quantitative estimate of drug-likeness (QED) is 0.872. The predicted molar refractivity (Wildman–Crippen MR) is 103 cm³/mol. The maximum absolute atomic E-state index is 12.4. The molecule has 2 aliphatic rings. The second-order valence-electron chi connectivity index (χ2n) is 7.62. The average molecular weight is 364 g/mol. The average Bonchev–Trinajstić information content (AvgIpc) is 2.59. The molecule has 5 heteroatoms. The third kappa shape index (κ3) is 5.70. The van der Waals surface area contributed by atoms with Gasteiger partial charge in [0.1, 0.15) is 0 Å². The SMILES string of the molecule is C[C@@H]1CCCC[C@@H]1NC(=O)CN1CCN(Cc2cccc(Cl)c2)CC1. The minimum atomic E-state index is 0.196. The number of carbonyl (C=O) groups is 1. The lowest BCUT2D eigenvalue weighted by Gasteiger charge is -2.35. The van der Waals surface area contributed by atoms with Crippen molar-refractivity contribution in [2.75, 3.05) is 32.7 Å². The number of nitrogens with one attached hydrogen (secondary N) is 1. The van der Waals surface area contributed by atoms with E-state index >= 15 is 0 Å². The highest BCUT2D eigenvalue weighted by atomic mass is 35.5. The summed E-state index contributed by atoms with van der Waals surface area (Å²) >= 11 is 6.06. The number of rotatable bonds is 5. The van der Waals surface area contributed by atoms with Gasteiger partial charge in [0.2, 0.25) is 5.91 Å². The molecule has 0 bridgehead atoms. The van der Waals surface area contributed by atoms with Crippen molar-refractivity contribution in [3.63, 3.8) is 0 Å². The van der Waals surface area contributed by atoms with Crippen molar-refractivity contribution in [1.29, 1.82) is 0 Å². The van der Waals surface area contributed by atoms with E-state index in [0.717, 1.165) is 44.2 Å². The molecule has 1 heterocycles. The van der Waals surface area contributed by atoms with Gasteiger partial charge in [-0.3, -0.25) is 14.6 Å². The Labute approximate surface area is 156 Å². The standard InChI is InChI=1S/C20H30ClN3O/c1-16-5-2-3-8-19(16)22-20(25)15-24-11-9-23(10-12-24)14-17-6-4-7-18(21)13-17/h4,6-7,13,16,19H,2-3,5,8-12,14-15H2,1H3,(H,22,25)/t16-,19+/m1/s1. The van der Waals surface area contributed by atoms with Gasteiger partial charge in [-0.1, -0.05) is 43.5 Å². The van der Waals surface area contributed by atoms with Crippen molar-refractivity contribution in [1.82, 2.24) is 15.1 Å². The van der Waals surface area contributed by atoms with Crippen molar-refractivity contribution in [2.45, 2.75) is 45.2 Å². The van der Waals surface area contributed by atoms with Crippen LogP contribution in [-0.2, 0) is 11.3 Å². The van der Waals surface area contributed by atoms with Crippen LogP contribution in [0.5, 0.6) is 0 Å². The van der Waals surface area contributed by atoms with E-state index < -0.39 is 0 Å². The number of amides is 1. The summed E-state index contributed by atoms with van der Waals surface area (Å²) in [5.74, 6) is 0.814. The van der Waals surface area contributed by atoms with E-state index in [1.54, 1.807) is 0 Å². The molecule has 1 saturated heterocycles. The molecule has 0 unspecified atom stereocenters. The van der Waals surface area contributed by atoms with E-state index in [9.17, 15) is 4.79 Å². The van der Waals surface area contributed by atoms with Crippen LogP contribution in [0.25, 0.3) is 0 Å². The van der Waals surface area contributed by atoms with Gasteiger partial charge >= 0.3 is 0 Å². The van der Waals surface area contributed by atoms with Crippen LogP contribution in [-0.4, -0.2) is 54.5 Å². The fourth-order valence-electron chi connectivity index (χ4n) is 3.99. The summed E-state index contributed by atoms with van der Waals surface area (Å²) in [5.41, 5.74) is 1.25. The van der Waals surface area contributed by atoms with Crippen LogP contribution in [0, 0.1) is 5.92 Å². The second kappa shape index (κ2) is 9.02. The first-order valence-corrected chi connectivity index (χ1v) is 9.96. The molecule has 25 heavy (non-hydrogen) atoms. The minimum Gasteiger partial charge on any atom is -0.352 e. The molecule has 1 amide bonds. The van der Waals surface area contributed by atoms with Crippen molar-refractivity contribution in [2.24, 2.45) is 5.92 Å². The summed E-state index contributed by atoms with van der Waals surface area (Å²) in [6.45, 7) is 7.63. The molecule has 1 aliphatic carbocycles. The molecule has 3 rings (SSSR count). The number of benzene rings is 1. The summed E-state index contributed by atoms with van der Waals surface area (Å²) in [6, 6.07) is 8.45. The number of hydrogen-bond donors (Lipinski definition) is 1. The molecular weight excluding hydrogens is 334 g/mol. The van der Waals surface area contributed by atoms with Crippen LogP contribution in [0.15, 0.2) is 24.3 Å². The zero-order valence-electron chi connectivity index (χ0n) is 15.2. The largest absolute Gasteiger partial charge is 0.352 e. The maximum Gasteiger partial charge on any atom is 0.234 e. The summed E-state index contributed by atoms with van der Waals surface area (Å²) < 4.78 is 0. The Bertz CT molecular complexity index is 572. The van der Waals surface area contributed by atoms with Crippen LogP contribution >= 0.6 is 11.6 Å². The first-order chi connectivity index (χ1) is 12.1. The molecule has 1 aromatic rings. The number of hydrogen-bond acceptors (Lipinski definition) is 3. The van der Waals surface area contributed by atoms with Crippen molar-refractivity contribution in [3.8, 4) is 0 Å². The number of halogens is 1. The van der Waals surface area contributed by atoms with Gasteiger partial charge in [0.05, 0.1) is 6.54 Å². The minimum absolute atomic E-state index is 0.196. The molecule has 1 aromatic carbocycles. The summed E-state index contributed by atoms with van der Waals surface area (Å²) in [4.78, 5) is 17.1. The van der Waals surface area contributed by atoms with Crippen molar-refractivity contribution in [3.05, 3.63) is 34.9 Å². The number of nitrogens with zero attached hydrogens (tertiary/aromatic N) is 2. The van der Waals surface area contributed by atoms with Gasteiger partial charge in [-0.2, -0.15) is 0 Å². The fraction of sp³-hybridized carbons (Fsp3) is 0.650. The van der Waals surface area contributed by atoms with Gasteiger partial charge in [-0.05, 0) is 36.5 Å². The lowest BCUT2D eigenvalue weighted by Crippen LogP contribution is -2.51. The molecule has 138 valence electrons. The molecule has 0 aromatic heterocycles. The van der Waals surface area contributed by atoms with E-state index in [4.69, 9.17) is 11.6 Å². The van der Waals surface area contributed by atoms with Gasteiger partial charge in [0, 0.05) is 43.8 Å². The fourth-order valence-corrected chi connectivity index (χ4v) is 4.20. The Morgan fingerprint density at radius 3 is 2.60 bits per heavy atom. The third-order valence-corrected chi connectivity index (χ3v) is 5.82. The van der Waals surface area contributed by atoms with Crippen LogP contribution in [0.3, 0.4) is 0 Å². The van der Waals surface area contributed by atoms with Crippen molar-refractivity contribution >= 4 is 17.5 Å². The predicted octanol–water partition coefficient (Wildman–Crippen LogP) is 3.15. The zero-order valence-corrected chi connectivity index (χ0v) is 16.0. The molecule has 0 spiro atoms. The van der Waals surface area contributed by atoms with E-state index in [-0.39, 0.29) is 5.91 Å². The van der Waals surface area contributed by atoms with Crippen LogP contribution in [0.1, 0.15) is 38.2 Å². The van der Waals surface area contributed by atoms with Crippen molar-refractivity contribution < 1.29 is 4.79 Å². The monoisotopic (exact) mass is 363 g/mol. The highest BCUT2D eigenvalue weighted by Crippen LogP contribution is 2.23. The van der Waals surface area contributed by atoms with Gasteiger partial charge in [-0.15, -0.1) is 0 Å². The van der Waals surface area contributed by atoms with Crippen LogP contribution in [0.2, 0.25) is 5.02 Å². The Hall–Kier alpha value is -1.10. The third-order valence-electron chi connectivity index (χ3n) is 5.59. The number of carbonyl (C=O) groups excluding carboxylic acids is 1. The Kier molecular flexibility index (Phi) is 6.74. The molecule has 0 radical (unpaired) electrons. The topological polar surface area (TPSA) is 35.6 Å². The maximum atomic E-state index is 12.4. The van der Waals surface area contributed by atoms with Gasteiger partial charge in [-0.25, -0.2) is 0 Å². The lowest BCUT2D eigenvalue weighted by atomic mass is 9.86. The summed E-state index contributed by atoms with van der Waals surface area (Å²) in [6.07, 6.45) is 4.94.